The first-order valence-corrected chi connectivity index (χ1v) is 11.3. The predicted octanol–water partition coefficient (Wildman–Crippen LogP) is 1.22. The van der Waals surface area contributed by atoms with Crippen LogP contribution in [0, 0.1) is 0 Å². The van der Waals surface area contributed by atoms with E-state index in [2.05, 4.69) is 17.3 Å². The maximum Gasteiger partial charge on any atom is 0.238 e. The fraction of sp³-hybridized carbons (Fsp3) is 0.632. The molecule has 1 atom stereocenters. The van der Waals surface area contributed by atoms with E-state index in [0.29, 0.717) is 12.1 Å². The van der Waals surface area contributed by atoms with Crippen molar-refractivity contribution >= 4 is 21.4 Å². The number of amides is 1. The van der Waals surface area contributed by atoms with Gasteiger partial charge < -0.3 is 15.0 Å². The Labute approximate surface area is 161 Å². The molecule has 1 N–H and O–H groups in total. The van der Waals surface area contributed by atoms with Gasteiger partial charge in [0.1, 0.15) is 11.9 Å². The van der Waals surface area contributed by atoms with Crippen molar-refractivity contribution in [3.63, 3.8) is 0 Å². The number of anilines is 1. The first-order valence-electron chi connectivity index (χ1n) is 9.46. The molecular weight excluding hydrogens is 366 g/mol. The zero-order valence-corrected chi connectivity index (χ0v) is 16.9. The molecule has 0 saturated carbocycles. The van der Waals surface area contributed by atoms with Crippen molar-refractivity contribution in [2.75, 3.05) is 50.6 Å². The van der Waals surface area contributed by atoms with Crippen LogP contribution in [0.15, 0.2) is 24.3 Å². The van der Waals surface area contributed by atoms with Gasteiger partial charge in [0.05, 0.1) is 18.1 Å². The van der Waals surface area contributed by atoms with Crippen LogP contribution in [-0.2, 0) is 14.6 Å². The number of piperidine rings is 1. The molecule has 2 fully saturated rings. The molecule has 1 unspecified atom stereocenters. The van der Waals surface area contributed by atoms with Crippen LogP contribution in [0.25, 0.3) is 0 Å². The van der Waals surface area contributed by atoms with Gasteiger partial charge in [-0.25, -0.2) is 8.42 Å². The summed E-state index contributed by atoms with van der Waals surface area (Å²) in [5, 5.41) is 2.86. The third-order valence-corrected chi connectivity index (χ3v) is 7.08. The average Bonchev–Trinajstić information content (AvgIpc) is 2.99. The van der Waals surface area contributed by atoms with Crippen LogP contribution in [0.3, 0.4) is 0 Å². The first kappa shape index (κ1) is 20.1. The van der Waals surface area contributed by atoms with Gasteiger partial charge in [0.2, 0.25) is 5.91 Å². The fourth-order valence-corrected chi connectivity index (χ4v) is 5.40. The maximum atomic E-state index is 12.2. The molecule has 0 spiro atoms. The Hall–Kier alpha value is -1.64. The van der Waals surface area contributed by atoms with Crippen molar-refractivity contribution in [1.29, 1.82) is 0 Å². The second kappa shape index (κ2) is 8.58. The SMILES string of the molecule is CN1CCC(Oc2ccc(NC(=O)CN(C)C3CCS(=O)(=O)C3)cc2)CC1. The summed E-state index contributed by atoms with van der Waals surface area (Å²) in [7, 11) is 0.972. The van der Waals surface area contributed by atoms with Crippen LogP contribution < -0.4 is 10.1 Å². The molecule has 2 heterocycles. The van der Waals surface area contributed by atoms with Crippen molar-refractivity contribution in [1.82, 2.24) is 9.80 Å². The average molecular weight is 396 g/mol. The van der Waals surface area contributed by atoms with Crippen molar-refractivity contribution in [2.45, 2.75) is 31.4 Å². The minimum absolute atomic E-state index is 0.0777. The van der Waals surface area contributed by atoms with E-state index in [-0.39, 0.29) is 36.1 Å². The Morgan fingerprint density at radius 3 is 2.48 bits per heavy atom. The summed E-state index contributed by atoms with van der Waals surface area (Å²) >= 11 is 0. The molecule has 2 aliphatic heterocycles. The van der Waals surface area contributed by atoms with Gasteiger partial charge in [-0.3, -0.25) is 9.69 Å². The van der Waals surface area contributed by atoms with Gasteiger partial charge in [0.25, 0.3) is 0 Å². The van der Waals surface area contributed by atoms with Gasteiger partial charge >= 0.3 is 0 Å². The highest BCUT2D eigenvalue weighted by Crippen LogP contribution is 2.21. The van der Waals surface area contributed by atoms with Gasteiger partial charge in [-0.05, 0) is 57.6 Å². The second-order valence-electron chi connectivity index (χ2n) is 7.67. The highest BCUT2D eigenvalue weighted by molar-refractivity contribution is 7.91. The quantitative estimate of drug-likeness (QED) is 0.780. The minimum Gasteiger partial charge on any atom is -0.490 e. The standard InChI is InChI=1S/C19H29N3O4S/c1-21-10-7-18(8-11-21)26-17-5-3-15(4-6-17)20-19(23)13-22(2)16-9-12-27(24,25)14-16/h3-6,16,18H,7-14H2,1-2H3,(H,20,23). The molecule has 2 aliphatic rings. The Balaban J connectivity index is 1.45. The summed E-state index contributed by atoms with van der Waals surface area (Å²) < 4.78 is 29.2. The summed E-state index contributed by atoms with van der Waals surface area (Å²) in [4.78, 5) is 16.4. The Kier molecular flexibility index (Phi) is 6.39. The highest BCUT2D eigenvalue weighted by atomic mass is 32.2. The van der Waals surface area contributed by atoms with Gasteiger partial charge in [-0.1, -0.05) is 0 Å². The van der Waals surface area contributed by atoms with E-state index < -0.39 is 9.84 Å². The van der Waals surface area contributed by atoms with Crippen LogP contribution in [0.5, 0.6) is 5.75 Å². The lowest BCUT2D eigenvalue weighted by Gasteiger charge is -2.29. The van der Waals surface area contributed by atoms with Crippen LogP contribution >= 0.6 is 0 Å². The van der Waals surface area contributed by atoms with Crippen LogP contribution in [0.2, 0.25) is 0 Å². The number of likely N-dealkylation sites (N-methyl/N-ethyl adjacent to an activating group) is 1. The van der Waals surface area contributed by atoms with Crippen molar-refractivity contribution in [3.8, 4) is 5.75 Å². The molecule has 1 amide bonds. The molecule has 1 aromatic carbocycles. The molecule has 3 rings (SSSR count). The van der Waals surface area contributed by atoms with E-state index in [0.717, 1.165) is 31.7 Å². The van der Waals surface area contributed by atoms with Gasteiger partial charge in [0.15, 0.2) is 9.84 Å². The van der Waals surface area contributed by atoms with Gasteiger partial charge in [0, 0.05) is 24.8 Å². The lowest BCUT2D eigenvalue weighted by Crippen LogP contribution is -2.38. The topological polar surface area (TPSA) is 79.0 Å². The van der Waals surface area contributed by atoms with Crippen LogP contribution in [0.1, 0.15) is 19.3 Å². The predicted molar refractivity (Wildman–Crippen MR) is 106 cm³/mol. The number of hydrogen-bond acceptors (Lipinski definition) is 6. The summed E-state index contributed by atoms with van der Waals surface area (Å²) in [5.74, 6) is 1.02. The van der Waals surface area contributed by atoms with Gasteiger partial charge in [-0.2, -0.15) is 0 Å². The molecule has 0 bridgehead atoms. The first-order chi connectivity index (χ1) is 12.8. The normalized spacial score (nSPS) is 23.4. The Morgan fingerprint density at radius 2 is 1.89 bits per heavy atom. The Bertz CT molecular complexity index is 743. The monoisotopic (exact) mass is 395 g/mol. The number of benzene rings is 1. The number of ether oxygens (including phenoxy) is 1. The second-order valence-corrected chi connectivity index (χ2v) is 9.89. The van der Waals surface area contributed by atoms with Crippen molar-refractivity contribution in [3.05, 3.63) is 24.3 Å². The molecule has 0 aliphatic carbocycles. The maximum absolute atomic E-state index is 12.2. The number of hydrogen-bond donors (Lipinski definition) is 1. The third kappa shape index (κ3) is 5.92. The molecule has 27 heavy (non-hydrogen) atoms. The number of nitrogens with one attached hydrogen (secondary N) is 1. The van der Waals surface area contributed by atoms with E-state index in [9.17, 15) is 13.2 Å². The Morgan fingerprint density at radius 1 is 1.22 bits per heavy atom. The molecule has 150 valence electrons. The van der Waals surface area contributed by atoms with Gasteiger partial charge in [-0.15, -0.1) is 0 Å². The van der Waals surface area contributed by atoms with Crippen LogP contribution in [-0.4, -0.2) is 81.5 Å². The summed E-state index contributed by atoms with van der Waals surface area (Å²) in [6, 6.07) is 7.35. The zero-order valence-electron chi connectivity index (χ0n) is 16.1. The minimum atomic E-state index is -2.95. The summed E-state index contributed by atoms with van der Waals surface area (Å²) in [5.41, 5.74) is 0.711. The fourth-order valence-electron chi connectivity index (χ4n) is 3.59. The van der Waals surface area contributed by atoms with Crippen molar-refractivity contribution in [2.24, 2.45) is 0 Å². The summed E-state index contributed by atoms with van der Waals surface area (Å²) in [6.07, 6.45) is 2.89. The van der Waals surface area contributed by atoms with Crippen LogP contribution in [0.4, 0.5) is 5.69 Å². The third-order valence-electron chi connectivity index (χ3n) is 5.33. The van der Waals surface area contributed by atoms with E-state index in [1.807, 2.05) is 29.2 Å². The molecule has 0 aromatic heterocycles. The molecule has 8 heteroatoms. The number of rotatable bonds is 6. The lowest BCUT2D eigenvalue weighted by molar-refractivity contribution is -0.117. The number of likely N-dealkylation sites (tertiary alicyclic amines) is 1. The largest absolute Gasteiger partial charge is 0.490 e. The van der Waals surface area contributed by atoms with Crippen molar-refractivity contribution < 1.29 is 17.9 Å². The molecular formula is C19H29N3O4S. The number of nitrogens with zero attached hydrogens (tertiary/aromatic N) is 2. The lowest BCUT2D eigenvalue weighted by atomic mass is 10.1. The van der Waals surface area contributed by atoms with E-state index in [4.69, 9.17) is 4.74 Å². The smallest absolute Gasteiger partial charge is 0.238 e. The molecule has 1 aromatic rings. The highest BCUT2D eigenvalue weighted by Gasteiger charge is 2.31. The number of carbonyl (C=O) groups excluding carboxylic acids is 1. The number of sulfone groups is 1. The summed E-state index contributed by atoms with van der Waals surface area (Å²) in [6.45, 7) is 2.28. The molecule has 0 radical (unpaired) electrons. The molecule has 2 saturated heterocycles. The molecule has 7 nitrogen and oxygen atoms in total. The van der Waals surface area contributed by atoms with E-state index in [1.165, 1.54) is 0 Å². The zero-order chi connectivity index (χ0) is 19.4. The number of carbonyl (C=O) groups is 1. The van der Waals surface area contributed by atoms with E-state index in [1.54, 1.807) is 7.05 Å². The van der Waals surface area contributed by atoms with E-state index >= 15 is 0 Å².